The molecule has 0 saturated heterocycles. The number of anilines is 1. The Labute approximate surface area is 153 Å². The van der Waals surface area contributed by atoms with Gasteiger partial charge in [0.05, 0.1) is 18.5 Å². The van der Waals surface area contributed by atoms with E-state index in [1.54, 1.807) is 24.3 Å². The lowest BCUT2D eigenvalue weighted by Crippen LogP contribution is -2.50. The van der Waals surface area contributed by atoms with Crippen molar-refractivity contribution < 1.29 is 17.9 Å². The van der Waals surface area contributed by atoms with E-state index in [0.29, 0.717) is 18.0 Å². The van der Waals surface area contributed by atoms with Crippen LogP contribution < -0.4 is 14.4 Å². The molecule has 0 aliphatic carbocycles. The number of hydrogen-bond donors (Lipinski definition) is 1. The fourth-order valence-electron chi connectivity index (χ4n) is 2.92. The number of nitrogens with one attached hydrogen (secondary N) is 1. The number of benzene rings is 2. The molecule has 0 aromatic heterocycles. The highest BCUT2D eigenvalue weighted by Crippen LogP contribution is 2.34. The molecule has 0 radical (unpaired) electrons. The molecule has 26 heavy (non-hydrogen) atoms. The molecule has 6 nitrogen and oxygen atoms in total. The van der Waals surface area contributed by atoms with Crippen molar-refractivity contribution in [2.45, 2.75) is 18.9 Å². The van der Waals surface area contributed by atoms with Crippen molar-refractivity contribution in [3.63, 3.8) is 0 Å². The second kappa shape index (κ2) is 7.78. The maximum Gasteiger partial charge on any atom is 0.263 e. The Balaban J connectivity index is 1.60. The second-order valence-corrected chi connectivity index (χ2v) is 8.16. The molecule has 138 valence electrons. The predicted molar refractivity (Wildman–Crippen MR) is 101 cm³/mol. The van der Waals surface area contributed by atoms with Crippen LogP contribution in [0, 0.1) is 0 Å². The summed E-state index contributed by atoms with van der Waals surface area (Å²) in [7, 11) is -3.49. The molecule has 1 unspecified atom stereocenters. The van der Waals surface area contributed by atoms with E-state index in [1.807, 2.05) is 30.3 Å². The molecule has 7 heteroatoms. The molecule has 1 aliphatic heterocycles. The van der Waals surface area contributed by atoms with E-state index in [9.17, 15) is 13.2 Å². The number of sulfonamides is 1. The number of rotatable bonds is 6. The monoisotopic (exact) mass is 374 g/mol. The van der Waals surface area contributed by atoms with E-state index < -0.39 is 16.1 Å². The van der Waals surface area contributed by atoms with Crippen LogP contribution in [0.4, 0.5) is 5.69 Å². The third kappa shape index (κ3) is 4.35. The van der Waals surface area contributed by atoms with Crippen LogP contribution in [0.2, 0.25) is 0 Å². The third-order valence-electron chi connectivity index (χ3n) is 4.21. The van der Waals surface area contributed by atoms with Crippen LogP contribution >= 0.6 is 0 Å². The average Bonchev–Trinajstić information content (AvgIpc) is 2.64. The number of amides is 1. The smallest absolute Gasteiger partial charge is 0.263 e. The van der Waals surface area contributed by atoms with Crippen LogP contribution in [-0.2, 0) is 21.2 Å². The molecule has 0 fully saturated rings. The molecule has 0 saturated carbocycles. The van der Waals surface area contributed by atoms with Gasteiger partial charge in [-0.15, -0.1) is 0 Å². The Morgan fingerprint density at radius 2 is 1.85 bits per heavy atom. The van der Waals surface area contributed by atoms with Gasteiger partial charge in [-0.2, -0.15) is 0 Å². The normalized spacial score (nSPS) is 16.5. The van der Waals surface area contributed by atoms with Crippen molar-refractivity contribution in [2.75, 3.05) is 23.7 Å². The summed E-state index contributed by atoms with van der Waals surface area (Å²) in [5.41, 5.74) is 1.68. The van der Waals surface area contributed by atoms with Crippen molar-refractivity contribution >= 4 is 21.6 Å². The van der Waals surface area contributed by atoms with Gasteiger partial charge in [0.1, 0.15) is 5.75 Å². The lowest BCUT2D eigenvalue weighted by atomic mass is 10.1. The fraction of sp³-hybridized carbons (Fsp3) is 0.316. The second-order valence-electron chi connectivity index (χ2n) is 6.25. The van der Waals surface area contributed by atoms with Gasteiger partial charge in [-0.05, 0) is 30.5 Å². The largest absolute Gasteiger partial charge is 0.476 e. The maximum atomic E-state index is 12.4. The summed E-state index contributed by atoms with van der Waals surface area (Å²) in [5.74, 6) is 0.0924. The fourth-order valence-corrected chi connectivity index (χ4v) is 3.83. The van der Waals surface area contributed by atoms with E-state index in [1.165, 1.54) is 9.87 Å². The zero-order chi connectivity index (χ0) is 18.6. The zero-order valence-corrected chi connectivity index (χ0v) is 15.4. The van der Waals surface area contributed by atoms with Crippen molar-refractivity contribution in [1.29, 1.82) is 0 Å². The number of carbonyl (C=O) groups is 1. The molecule has 1 N–H and O–H groups in total. The van der Waals surface area contributed by atoms with Gasteiger partial charge in [0.15, 0.2) is 6.10 Å². The molecule has 1 amide bonds. The average molecular weight is 374 g/mol. The Bertz CT molecular complexity index is 868. The topological polar surface area (TPSA) is 75.7 Å². The lowest BCUT2D eigenvalue weighted by molar-refractivity contribution is -0.127. The standard InChI is InChI=1S/C19H22N2O4S/c1-26(23,24)21-14-18(25-17-12-6-5-11-16(17)21)19(22)20-13-7-10-15-8-3-2-4-9-15/h2-6,8-9,11-12,18H,7,10,13-14H2,1H3,(H,20,22). The number of fused-ring (bicyclic) bond motifs is 1. The summed E-state index contributed by atoms with van der Waals surface area (Å²) in [6, 6.07) is 16.9. The minimum atomic E-state index is -3.49. The van der Waals surface area contributed by atoms with Gasteiger partial charge >= 0.3 is 0 Å². The first-order chi connectivity index (χ1) is 12.4. The van der Waals surface area contributed by atoms with E-state index in [0.717, 1.165) is 19.1 Å². The number of aryl methyl sites for hydroxylation is 1. The predicted octanol–water partition coefficient (Wildman–Crippen LogP) is 1.96. The zero-order valence-electron chi connectivity index (χ0n) is 14.6. The van der Waals surface area contributed by atoms with Crippen LogP contribution in [0.1, 0.15) is 12.0 Å². The van der Waals surface area contributed by atoms with Gasteiger partial charge in [0.25, 0.3) is 5.91 Å². The summed E-state index contributed by atoms with van der Waals surface area (Å²) in [6.07, 6.45) is 1.93. The van der Waals surface area contributed by atoms with Gasteiger partial charge in [-0.25, -0.2) is 8.42 Å². The number of hydrogen-bond acceptors (Lipinski definition) is 4. The summed E-state index contributed by atoms with van der Waals surface area (Å²) < 4.78 is 31.1. The molecule has 0 spiro atoms. The summed E-state index contributed by atoms with van der Waals surface area (Å²) >= 11 is 0. The third-order valence-corrected chi connectivity index (χ3v) is 5.36. The van der Waals surface area contributed by atoms with Gasteiger partial charge in [-0.3, -0.25) is 9.10 Å². The Hall–Kier alpha value is -2.54. The van der Waals surface area contributed by atoms with Crippen LogP contribution in [0.15, 0.2) is 54.6 Å². The Kier molecular flexibility index (Phi) is 5.46. The van der Waals surface area contributed by atoms with Crippen LogP contribution in [0.5, 0.6) is 5.75 Å². The van der Waals surface area contributed by atoms with Crippen LogP contribution in [0.25, 0.3) is 0 Å². The molecule has 0 bridgehead atoms. The minimum absolute atomic E-state index is 0.0274. The highest BCUT2D eigenvalue weighted by Gasteiger charge is 2.34. The molecule has 1 heterocycles. The van der Waals surface area contributed by atoms with Crippen molar-refractivity contribution in [3.05, 3.63) is 60.2 Å². The van der Waals surface area contributed by atoms with Crippen LogP contribution in [-0.4, -0.2) is 39.8 Å². The summed E-state index contributed by atoms with van der Waals surface area (Å²) in [5, 5.41) is 2.84. The molecule has 2 aromatic carbocycles. The van der Waals surface area contributed by atoms with E-state index in [4.69, 9.17) is 4.74 Å². The first kappa shape index (κ1) is 18.3. The Morgan fingerprint density at radius 1 is 1.15 bits per heavy atom. The van der Waals surface area contributed by atoms with Crippen LogP contribution in [0.3, 0.4) is 0 Å². The molecule has 1 aliphatic rings. The Morgan fingerprint density at radius 3 is 2.58 bits per heavy atom. The van der Waals surface area contributed by atoms with Crippen molar-refractivity contribution in [3.8, 4) is 5.75 Å². The molecular weight excluding hydrogens is 352 g/mol. The molecule has 1 atom stereocenters. The first-order valence-corrected chi connectivity index (χ1v) is 10.3. The number of nitrogens with zero attached hydrogens (tertiary/aromatic N) is 1. The molecule has 2 aromatic rings. The van der Waals surface area contributed by atoms with E-state index in [2.05, 4.69) is 5.32 Å². The molecule has 3 rings (SSSR count). The highest BCUT2D eigenvalue weighted by atomic mass is 32.2. The van der Waals surface area contributed by atoms with Crippen molar-refractivity contribution in [2.24, 2.45) is 0 Å². The van der Waals surface area contributed by atoms with Gasteiger partial charge in [0, 0.05) is 6.54 Å². The SMILES string of the molecule is CS(=O)(=O)N1CC(C(=O)NCCCc2ccccc2)Oc2ccccc21. The highest BCUT2D eigenvalue weighted by molar-refractivity contribution is 7.92. The summed E-state index contributed by atoms with van der Waals surface area (Å²) in [4.78, 5) is 12.4. The van der Waals surface area contributed by atoms with Gasteiger partial charge in [0.2, 0.25) is 10.0 Å². The van der Waals surface area contributed by atoms with Gasteiger partial charge < -0.3 is 10.1 Å². The van der Waals surface area contributed by atoms with E-state index in [-0.39, 0.29) is 12.5 Å². The number of para-hydroxylation sites is 2. The van der Waals surface area contributed by atoms with E-state index >= 15 is 0 Å². The number of carbonyl (C=O) groups excluding carboxylic acids is 1. The minimum Gasteiger partial charge on any atom is -0.476 e. The maximum absolute atomic E-state index is 12.4. The van der Waals surface area contributed by atoms with Gasteiger partial charge in [-0.1, -0.05) is 42.5 Å². The summed E-state index contributed by atoms with van der Waals surface area (Å²) in [6.45, 7) is 0.481. The lowest BCUT2D eigenvalue weighted by Gasteiger charge is -2.33. The number of ether oxygens (including phenoxy) is 1. The quantitative estimate of drug-likeness (QED) is 0.785. The van der Waals surface area contributed by atoms with Crippen molar-refractivity contribution in [1.82, 2.24) is 5.32 Å². The molecular formula is C19H22N2O4S. The first-order valence-electron chi connectivity index (χ1n) is 8.50.